The molecule has 0 aromatic carbocycles. The number of nitrogens with one attached hydrogen (secondary N) is 1. The van der Waals surface area contributed by atoms with Crippen LogP contribution >= 0.6 is 0 Å². The molecule has 0 spiro atoms. The second-order valence-corrected chi connectivity index (χ2v) is 4.09. The summed E-state index contributed by atoms with van der Waals surface area (Å²) in [5.74, 6) is 1.81. The van der Waals surface area contributed by atoms with Crippen LogP contribution in [0.25, 0.3) is 0 Å². The lowest BCUT2D eigenvalue weighted by Crippen LogP contribution is -2.16. The van der Waals surface area contributed by atoms with Crippen molar-refractivity contribution in [1.29, 1.82) is 0 Å². The van der Waals surface area contributed by atoms with Crippen LogP contribution in [0.4, 0.5) is 0 Å². The van der Waals surface area contributed by atoms with Crippen LogP contribution in [0.2, 0.25) is 0 Å². The smallest absolute Gasteiger partial charge is 0.181 e. The lowest BCUT2D eigenvalue weighted by atomic mass is 10.2. The maximum Gasteiger partial charge on any atom is 0.181 e. The highest BCUT2D eigenvalue weighted by atomic mass is 16.3. The topological polar surface area (TPSA) is 38.1 Å². The molecule has 0 amide bonds. The Morgan fingerprint density at radius 1 is 1.38 bits per heavy atom. The molecular formula is C10H14N2O. The van der Waals surface area contributed by atoms with Crippen molar-refractivity contribution in [3.05, 3.63) is 17.8 Å². The van der Waals surface area contributed by atoms with Crippen molar-refractivity contribution in [2.45, 2.75) is 44.2 Å². The average Bonchev–Trinajstić information content (AvgIpc) is 3.03. The van der Waals surface area contributed by atoms with Gasteiger partial charge in [-0.2, -0.15) is 0 Å². The van der Waals surface area contributed by atoms with Crippen molar-refractivity contribution in [1.82, 2.24) is 10.3 Å². The van der Waals surface area contributed by atoms with Gasteiger partial charge in [-0.05, 0) is 25.7 Å². The van der Waals surface area contributed by atoms with Gasteiger partial charge in [-0.3, -0.25) is 0 Å². The number of hydrogen-bond acceptors (Lipinski definition) is 3. The summed E-state index contributed by atoms with van der Waals surface area (Å²) in [5, 5.41) is 3.46. The Morgan fingerprint density at radius 2 is 2.23 bits per heavy atom. The van der Waals surface area contributed by atoms with E-state index in [9.17, 15) is 0 Å². The minimum absolute atomic E-state index is 0.679. The summed E-state index contributed by atoms with van der Waals surface area (Å²) in [5.41, 5.74) is 1.13. The molecule has 1 aromatic rings. The zero-order valence-electron chi connectivity index (χ0n) is 7.62. The lowest BCUT2D eigenvalue weighted by Gasteiger charge is -2.00. The number of aromatic nitrogens is 1. The molecule has 0 bridgehead atoms. The number of hydrogen-bond donors (Lipinski definition) is 1. The van der Waals surface area contributed by atoms with E-state index in [0.717, 1.165) is 24.0 Å². The fourth-order valence-corrected chi connectivity index (χ4v) is 1.62. The molecule has 2 aliphatic rings. The molecule has 0 saturated heterocycles. The van der Waals surface area contributed by atoms with Gasteiger partial charge in [0.05, 0.1) is 5.69 Å². The van der Waals surface area contributed by atoms with Gasteiger partial charge in [0, 0.05) is 18.5 Å². The first-order valence-electron chi connectivity index (χ1n) is 5.09. The van der Waals surface area contributed by atoms with Gasteiger partial charge in [0.1, 0.15) is 5.76 Å². The predicted molar refractivity (Wildman–Crippen MR) is 48.3 cm³/mol. The van der Waals surface area contributed by atoms with E-state index in [1.165, 1.54) is 25.7 Å². The van der Waals surface area contributed by atoms with Crippen molar-refractivity contribution in [2.24, 2.45) is 0 Å². The Kier molecular flexibility index (Phi) is 1.65. The standard InChI is InChI=1S/C10H14N2O/c1-2-7(1)10-9(12-6-13-10)5-11-8-3-4-8/h6-8,11H,1-5H2. The Hall–Kier alpha value is -0.830. The van der Waals surface area contributed by atoms with E-state index in [0.29, 0.717) is 5.92 Å². The summed E-state index contributed by atoms with van der Waals surface area (Å²) >= 11 is 0. The Morgan fingerprint density at radius 3 is 2.92 bits per heavy atom. The zero-order chi connectivity index (χ0) is 8.67. The highest BCUT2D eigenvalue weighted by molar-refractivity contribution is 5.17. The molecule has 0 aliphatic heterocycles. The van der Waals surface area contributed by atoms with Gasteiger partial charge in [-0.15, -0.1) is 0 Å². The van der Waals surface area contributed by atoms with Gasteiger partial charge >= 0.3 is 0 Å². The molecule has 3 nitrogen and oxygen atoms in total. The summed E-state index contributed by atoms with van der Waals surface area (Å²) in [6.45, 7) is 0.896. The van der Waals surface area contributed by atoms with Crippen LogP contribution in [0.5, 0.6) is 0 Å². The molecule has 1 heterocycles. The van der Waals surface area contributed by atoms with Crippen LogP contribution in [0.1, 0.15) is 43.1 Å². The van der Waals surface area contributed by atoms with E-state index in [-0.39, 0.29) is 0 Å². The first-order valence-corrected chi connectivity index (χ1v) is 5.09. The van der Waals surface area contributed by atoms with Crippen molar-refractivity contribution in [2.75, 3.05) is 0 Å². The maximum atomic E-state index is 5.39. The molecule has 3 heteroatoms. The second-order valence-electron chi connectivity index (χ2n) is 4.09. The largest absolute Gasteiger partial charge is 0.448 e. The fourth-order valence-electron chi connectivity index (χ4n) is 1.62. The van der Waals surface area contributed by atoms with Crippen LogP contribution < -0.4 is 5.32 Å². The van der Waals surface area contributed by atoms with Crippen LogP contribution in [-0.2, 0) is 6.54 Å². The molecule has 0 unspecified atom stereocenters. The number of oxazole rings is 1. The average molecular weight is 178 g/mol. The minimum Gasteiger partial charge on any atom is -0.448 e. The number of rotatable bonds is 4. The summed E-state index contributed by atoms with van der Waals surface area (Å²) < 4.78 is 5.39. The summed E-state index contributed by atoms with van der Waals surface area (Å²) in [6, 6.07) is 0.753. The van der Waals surface area contributed by atoms with Crippen molar-refractivity contribution >= 4 is 0 Å². The normalized spacial score (nSPS) is 22.2. The van der Waals surface area contributed by atoms with Gasteiger partial charge in [-0.1, -0.05) is 0 Å². The highest BCUT2D eigenvalue weighted by Crippen LogP contribution is 2.41. The quantitative estimate of drug-likeness (QED) is 0.764. The first-order chi connectivity index (χ1) is 6.43. The van der Waals surface area contributed by atoms with Crippen LogP contribution in [0.3, 0.4) is 0 Å². The van der Waals surface area contributed by atoms with Crippen LogP contribution in [-0.4, -0.2) is 11.0 Å². The van der Waals surface area contributed by atoms with Crippen molar-refractivity contribution in [3.63, 3.8) is 0 Å². The molecule has 0 atom stereocenters. The fraction of sp³-hybridized carbons (Fsp3) is 0.700. The number of nitrogens with zero attached hydrogens (tertiary/aromatic N) is 1. The Balaban J connectivity index is 1.67. The van der Waals surface area contributed by atoms with Gasteiger partial charge in [0.25, 0.3) is 0 Å². The third-order valence-electron chi connectivity index (χ3n) is 2.76. The molecule has 1 N–H and O–H groups in total. The molecule has 3 rings (SSSR count). The third-order valence-corrected chi connectivity index (χ3v) is 2.76. The van der Waals surface area contributed by atoms with Crippen LogP contribution in [0, 0.1) is 0 Å². The molecular weight excluding hydrogens is 164 g/mol. The van der Waals surface area contributed by atoms with Gasteiger partial charge in [0.15, 0.2) is 6.39 Å². The highest BCUT2D eigenvalue weighted by Gasteiger charge is 2.30. The summed E-state index contributed by atoms with van der Waals surface area (Å²) in [4.78, 5) is 4.25. The van der Waals surface area contributed by atoms with E-state index in [1.54, 1.807) is 6.39 Å². The van der Waals surface area contributed by atoms with E-state index < -0.39 is 0 Å². The Labute approximate surface area is 77.5 Å². The van der Waals surface area contributed by atoms with E-state index in [2.05, 4.69) is 10.3 Å². The SMILES string of the molecule is c1nc(CNC2CC2)c(C2CC2)o1. The predicted octanol–water partition coefficient (Wildman–Crippen LogP) is 1.80. The van der Waals surface area contributed by atoms with Crippen molar-refractivity contribution < 1.29 is 4.42 Å². The van der Waals surface area contributed by atoms with Gasteiger partial charge in [0.2, 0.25) is 0 Å². The molecule has 70 valence electrons. The molecule has 0 radical (unpaired) electrons. The van der Waals surface area contributed by atoms with E-state index in [1.807, 2.05) is 0 Å². The summed E-state index contributed by atoms with van der Waals surface area (Å²) in [7, 11) is 0. The van der Waals surface area contributed by atoms with E-state index >= 15 is 0 Å². The monoisotopic (exact) mass is 178 g/mol. The molecule has 2 fully saturated rings. The lowest BCUT2D eigenvalue weighted by molar-refractivity contribution is 0.500. The first kappa shape index (κ1) is 7.56. The molecule has 13 heavy (non-hydrogen) atoms. The van der Waals surface area contributed by atoms with E-state index in [4.69, 9.17) is 4.42 Å². The Bertz CT molecular complexity index is 300. The molecule has 1 aromatic heterocycles. The maximum absolute atomic E-state index is 5.39. The van der Waals surface area contributed by atoms with Crippen molar-refractivity contribution in [3.8, 4) is 0 Å². The third kappa shape index (κ3) is 1.61. The summed E-state index contributed by atoms with van der Waals surface area (Å²) in [6.07, 6.45) is 6.81. The van der Waals surface area contributed by atoms with Crippen LogP contribution in [0.15, 0.2) is 10.8 Å². The van der Waals surface area contributed by atoms with Gasteiger partial charge < -0.3 is 9.73 Å². The second kappa shape index (κ2) is 2.84. The zero-order valence-corrected chi connectivity index (χ0v) is 7.62. The van der Waals surface area contributed by atoms with Gasteiger partial charge in [-0.25, -0.2) is 4.98 Å². The molecule has 2 saturated carbocycles. The molecule has 2 aliphatic carbocycles. The minimum atomic E-state index is 0.679.